The monoisotopic (exact) mass is 257 g/mol. The molecule has 0 saturated carbocycles. The third-order valence-corrected chi connectivity index (χ3v) is 2.75. The first kappa shape index (κ1) is 12.9. The normalized spacial score (nSPS) is 10.2. The van der Waals surface area contributed by atoms with Crippen molar-refractivity contribution in [2.24, 2.45) is 12.8 Å². The Labute approximate surface area is 111 Å². The molecule has 2 N–H and O–H groups in total. The number of benzene rings is 1. The third kappa shape index (κ3) is 2.82. The highest BCUT2D eigenvalue weighted by Gasteiger charge is 2.12. The van der Waals surface area contributed by atoms with E-state index in [-0.39, 0.29) is 6.61 Å². The molecule has 0 unspecified atom stereocenters. The number of hydrogen-bond acceptors (Lipinski definition) is 3. The van der Waals surface area contributed by atoms with Crippen molar-refractivity contribution in [2.45, 2.75) is 6.61 Å². The molecule has 0 bridgehead atoms. The zero-order valence-corrected chi connectivity index (χ0v) is 10.7. The Kier molecular flexibility index (Phi) is 3.66. The molecule has 0 aliphatic heterocycles. The fourth-order valence-corrected chi connectivity index (χ4v) is 1.80. The van der Waals surface area contributed by atoms with Crippen molar-refractivity contribution in [1.82, 2.24) is 9.78 Å². The zero-order valence-electron chi connectivity index (χ0n) is 10.7. The summed E-state index contributed by atoms with van der Waals surface area (Å²) < 4.78 is 7.20. The molecule has 1 aromatic carbocycles. The number of carbonyl (C=O) groups excluding carboxylic acids is 1. The topological polar surface area (TPSA) is 70.1 Å². The summed E-state index contributed by atoms with van der Waals surface area (Å²) in [6.45, 7) is 3.94. The average molecular weight is 257 g/mol. The van der Waals surface area contributed by atoms with Gasteiger partial charge in [-0.1, -0.05) is 24.8 Å². The summed E-state index contributed by atoms with van der Waals surface area (Å²) in [6.07, 6.45) is 3.45. The highest BCUT2D eigenvalue weighted by Crippen LogP contribution is 2.18. The lowest BCUT2D eigenvalue weighted by Gasteiger charge is -2.10. The summed E-state index contributed by atoms with van der Waals surface area (Å²) in [6, 6.07) is 7.05. The summed E-state index contributed by atoms with van der Waals surface area (Å²) in [4.78, 5) is 11.4. The fraction of sp³-hybridized carbons (Fsp3) is 0.143. The van der Waals surface area contributed by atoms with Crippen molar-refractivity contribution in [2.75, 3.05) is 0 Å². The van der Waals surface area contributed by atoms with E-state index in [9.17, 15) is 4.79 Å². The minimum Gasteiger partial charge on any atom is -0.472 e. The molecule has 1 amide bonds. The van der Waals surface area contributed by atoms with Crippen LogP contribution in [0.5, 0.6) is 5.88 Å². The van der Waals surface area contributed by atoms with Crippen LogP contribution in [-0.4, -0.2) is 15.7 Å². The van der Waals surface area contributed by atoms with Crippen LogP contribution in [0.1, 0.15) is 21.5 Å². The molecule has 1 aromatic heterocycles. The minimum absolute atomic E-state index is 0.220. The molecule has 0 radical (unpaired) electrons. The van der Waals surface area contributed by atoms with Gasteiger partial charge in [-0.2, -0.15) is 0 Å². The Morgan fingerprint density at radius 1 is 1.53 bits per heavy atom. The summed E-state index contributed by atoms with van der Waals surface area (Å²) in [7, 11) is 1.80. The van der Waals surface area contributed by atoms with Gasteiger partial charge in [0.15, 0.2) is 0 Å². The van der Waals surface area contributed by atoms with Crippen molar-refractivity contribution >= 4 is 12.0 Å². The maximum atomic E-state index is 11.4. The molecule has 0 atom stereocenters. The van der Waals surface area contributed by atoms with E-state index in [1.807, 2.05) is 6.07 Å². The molecule has 2 rings (SSSR count). The van der Waals surface area contributed by atoms with Gasteiger partial charge < -0.3 is 10.5 Å². The van der Waals surface area contributed by atoms with E-state index in [0.717, 1.165) is 11.1 Å². The Hall–Kier alpha value is -2.56. The fourth-order valence-electron chi connectivity index (χ4n) is 1.80. The minimum atomic E-state index is -0.483. The summed E-state index contributed by atoms with van der Waals surface area (Å²) in [5.41, 5.74) is 7.35. The van der Waals surface area contributed by atoms with Crippen LogP contribution in [0.4, 0.5) is 0 Å². The van der Waals surface area contributed by atoms with Gasteiger partial charge >= 0.3 is 0 Å². The Balaban J connectivity index is 2.27. The molecule has 1 heterocycles. The van der Waals surface area contributed by atoms with E-state index in [4.69, 9.17) is 10.5 Å². The first-order valence-electron chi connectivity index (χ1n) is 5.78. The van der Waals surface area contributed by atoms with Crippen LogP contribution in [0.3, 0.4) is 0 Å². The van der Waals surface area contributed by atoms with E-state index < -0.39 is 5.91 Å². The number of nitrogens with zero attached hydrogens (tertiary/aromatic N) is 2. The molecule has 0 aliphatic carbocycles. The molecular formula is C14H15N3O2. The number of carbonyl (C=O) groups is 1. The third-order valence-electron chi connectivity index (χ3n) is 2.75. The van der Waals surface area contributed by atoms with Crippen molar-refractivity contribution in [3.05, 3.63) is 53.7 Å². The molecule has 2 aromatic rings. The Morgan fingerprint density at radius 3 is 2.89 bits per heavy atom. The number of nitrogens with two attached hydrogens (primary N) is 1. The molecule has 0 aliphatic rings. The van der Waals surface area contributed by atoms with Crippen molar-refractivity contribution in [1.29, 1.82) is 0 Å². The van der Waals surface area contributed by atoms with Gasteiger partial charge in [-0.3, -0.25) is 9.48 Å². The second kappa shape index (κ2) is 5.39. The smallest absolute Gasteiger partial charge is 0.249 e. The van der Waals surface area contributed by atoms with Gasteiger partial charge in [-0.15, -0.1) is 5.10 Å². The maximum absolute atomic E-state index is 11.4. The first-order chi connectivity index (χ1) is 9.11. The molecule has 98 valence electrons. The molecule has 5 heteroatoms. The van der Waals surface area contributed by atoms with Crippen molar-refractivity contribution in [3.63, 3.8) is 0 Å². The number of aryl methyl sites for hydroxylation is 1. The van der Waals surface area contributed by atoms with E-state index in [1.54, 1.807) is 42.2 Å². The van der Waals surface area contributed by atoms with Gasteiger partial charge in [0.25, 0.3) is 0 Å². The Morgan fingerprint density at radius 2 is 2.32 bits per heavy atom. The van der Waals surface area contributed by atoms with Crippen LogP contribution in [0.2, 0.25) is 0 Å². The van der Waals surface area contributed by atoms with Crippen LogP contribution in [-0.2, 0) is 13.7 Å². The number of ether oxygens (including phenoxy) is 1. The summed E-state index contributed by atoms with van der Waals surface area (Å²) in [5, 5.41) is 4.11. The largest absolute Gasteiger partial charge is 0.472 e. The molecule has 0 spiro atoms. The highest BCUT2D eigenvalue weighted by atomic mass is 16.5. The van der Waals surface area contributed by atoms with Crippen molar-refractivity contribution in [3.8, 4) is 5.88 Å². The molecule has 19 heavy (non-hydrogen) atoms. The molecule has 0 fully saturated rings. The molecule has 0 saturated heterocycles. The quantitative estimate of drug-likeness (QED) is 0.887. The summed E-state index contributed by atoms with van der Waals surface area (Å²) >= 11 is 0. The predicted molar refractivity (Wildman–Crippen MR) is 72.6 cm³/mol. The predicted octanol–water partition coefficient (Wildman–Crippen LogP) is 1.74. The maximum Gasteiger partial charge on any atom is 0.249 e. The second-order valence-electron chi connectivity index (χ2n) is 4.06. The average Bonchev–Trinajstić information content (AvgIpc) is 2.81. The number of hydrogen-bond donors (Lipinski definition) is 1. The van der Waals surface area contributed by atoms with Gasteiger partial charge in [-0.05, 0) is 11.6 Å². The molecule has 5 nitrogen and oxygen atoms in total. The summed E-state index contributed by atoms with van der Waals surface area (Å²) in [5.74, 6) is 0.0140. The van der Waals surface area contributed by atoms with Crippen LogP contribution < -0.4 is 10.5 Å². The van der Waals surface area contributed by atoms with E-state index in [1.165, 1.54) is 0 Å². The van der Waals surface area contributed by atoms with E-state index >= 15 is 0 Å². The first-order valence-corrected chi connectivity index (χ1v) is 5.78. The number of aromatic nitrogens is 2. The van der Waals surface area contributed by atoms with Gasteiger partial charge in [0.05, 0.1) is 0 Å². The lowest BCUT2D eigenvalue weighted by atomic mass is 10.0. The van der Waals surface area contributed by atoms with Gasteiger partial charge in [0.1, 0.15) is 6.61 Å². The number of primary amides is 1. The van der Waals surface area contributed by atoms with Crippen LogP contribution in [0, 0.1) is 0 Å². The van der Waals surface area contributed by atoms with Crippen molar-refractivity contribution < 1.29 is 9.53 Å². The lowest BCUT2D eigenvalue weighted by molar-refractivity contribution is 0.0997. The van der Waals surface area contributed by atoms with Crippen LogP contribution in [0.25, 0.3) is 6.08 Å². The molecular weight excluding hydrogens is 242 g/mol. The SMILES string of the molecule is C=Cc1cccc(C(N)=O)c1COc1ccn(C)n1. The second-order valence-corrected chi connectivity index (χ2v) is 4.06. The number of rotatable bonds is 5. The Bertz CT molecular complexity index is 617. The zero-order chi connectivity index (χ0) is 13.8. The number of amides is 1. The van der Waals surface area contributed by atoms with E-state index in [2.05, 4.69) is 11.7 Å². The highest BCUT2D eigenvalue weighted by molar-refractivity contribution is 5.95. The van der Waals surface area contributed by atoms with Crippen LogP contribution >= 0.6 is 0 Å². The van der Waals surface area contributed by atoms with Gasteiger partial charge in [-0.25, -0.2) is 0 Å². The lowest BCUT2D eigenvalue weighted by Crippen LogP contribution is -2.15. The van der Waals surface area contributed by atoms with Crippen LogP contribution in [0.15, 0.2) is 37.0 Å². The standard InChI is InChI=1S/C14H15N3O2/c1-3-10-5-4-6-11(14(15)18)12(10)9-19-13-7-8-17(2)16-13/h3-8H,1,9H2,2H3,(H2,15,18). The van der Waals surface area contributed by atoms with Gasteiger partial charge in [0, 0.05) is 30.4 Å². The van der Waals surface area contributed by atoms with E-state index in [0.29, 0.717) is 11.4 Å². The van der Waals surface area contributed by atoms with Gasteiger partial charge in [0.2, 0.25) is 11.8 Å².